The number of carbonyl (C=O) groups excluding carboxylic acids is 3. The Balaban J connectivity index is 1.68. The van der Waals surface area contributed by atoms with Crippen molar-refractivity contribution in [1.29, 1.82) is 0 Å². The van der Waals surface area contributed by atoms with Crippen LogP contribution in [0.5, 0.6) is 0 Å². The van der Waals surface area contributed by atoms with Crippen molar-refractivity contribution in [3.05, 3.63) is 71.8 Å². The van der Waals surface area contributed by atoms with Gasteiger partial charge in [0.25, 0.3) is 0 Å². The first-order chi connectivity index (χ1) is 21.1. The summed E-state index contributed by atoms with van der Waals surface area (Å²) in [6.45, 7) is 7.31. The molecular formula is C33H50N4O7. The molecule has 0 aliphatic rings. The predicted molar refractivity (Wildman–Crippen MR) is 169 cm³/mol. The molecule has 0 aliphatic heterocycles. The van der Waals surface area contributed by atoms with Crippen LogP contribution in [0.25, 0.3) is 0 Å². The third kappa shape index (κ3) is 18.0. The number of alkyl carbamates (subject to hydrolysis) is 3. The highest BCUT2D eigenvalue weighted by Gasteiger charge is 2.21. The highest BCUT2D eigenvalue weighted by atomic mass is 16.6. The Kier molecular flexibility index (Phi) is 17.3. The lowest BCUT2D eigenvalue weighted by Gasteiger charge is -2.25. The van der Waals surface area contributed by atoms with Crippen molar-refractivity contribution in [2.45, 2.75) is 96.8 Å². The highest BCUT2D eigenvalue weighted by Crippen LogP contribution is 2.09. The van der Waals surface area contributed by atoms with E-state index in [4.69, 9.17) is 14.2 Å². The molecule has 0 fully saturated rings. The summed E-state index contributed by atoms with van der Waals surface area (Å²) in [5, 5.41) is 22.2. The average Bonchev–Trinajstić information content (AvgIpc) is 2.99. The molecule has 0 aromatic heterocycles. The Morgan fingerprint density at radius 2 is 1.18 bits per heavy atom. The first kappa shape index (κ1) is 36.4. The molecule has 0 spiro atoms. The molecule has 11 heteroatoms. The van der Waals surface area contributed by atoms with Gasteiger partial charge in [-0.1, -0.05) is 73.5 Å². The number of rotatable bonds is 19. The van der Waals surface area contributed by atoms with Gasteiger partial charge in [0.2, 0.25) is 0 Å². The van der Waals surface area contributed by atoms with Gasteiger partial charge in [0.15, 0.2) is 0 Å². The number of benzene rings is 2. The number of nitrogens with one attached hydrogen (secondary N) is 4. The molecule has 0 saturated carbocycles. The fraction of sp³-hybridized carbons (Fsp3) is 0.545. The van der Waals surface area contributed by atoms with E-state index in [1.807, 2.05) is 81.4 Å². The Hall–Kier alpha value is -3.83. The van der Waals surface area contributed by atoms with Gasteiger partial charge in [-0.05, 0) is 70.5 Å². The zero-order valence-corrected chi connectivity index (χ0v) is 26.3. The van der Waals surface area contributed by atoms with Crippen LogP contribution in [0.4, 0.5) is 14.4 Å². The van der Waals surface area contributed by atoms with Gasteiger partial charge in [-0.3, -0.25) is 5.32 Å². The van der Waals surface area contributed by atoms with Crippen molar-refractivity contribution in [1.82, 2.24) is 21.3 Å². The van der Waals surface area contributed by atoms with E-state index in [2.05, 4.69) is 21.3 Å². The topological polar surface area (TPSA) is 147 Å². The van der Waals surface area contributed by atoms with Crippen LogP contribution in [0.1, 0.15) is 76.8 Å². The number of aliphatic hydroxyl groups is 1. The van der Waals surface area contributed by atoms with Gasteiger partial charge < -0.3 is 35.3 Å². The maximum Gasteiger partial charge on any atom is 0.407 e. The van der Waals surface area contributed by atoms with Crippen molar-refractivity contribution in [2.24, 2.45) is 0 Å². The normalized spacial score (nSPS) is 12.5. The molecule has 2 atom stereocenters. The monoisotopic (exact) mass is 614 g/mol. The number of aliphatic hydroxyl groups excluding tert-OH is 1. The van der Waals surface area contributed by atoms with Crippen molar-refractivity contribution in [3.8, 4) is 0 Å². The zero-order chi connectivity index (χ0) is 32.0. The van der Waals surface area contributed by atoms with E-state index >= 15 is 0 Å². The van der Waals surface area contributed by atoms with Crippen LogP contribution >= 0.6 is 0 Å². The first-order valence-corrected chi connectivity index (χ1v) is 15.4. The van der Waals surface area contributed by atoms with Gasteiger partial charge >= 0.3 is 18.3 Å². The molecule has 2 rings (SSSR count). The fourth-order valence-electron chi connectivity index (χ4n) is 4.18. The number of hydrogen-bond acceptors (Lipinski definition) is 8. The molecule has 0 radical (unpaired) electrons. The van der Waals surface area contributed by atoms with E-state index in [9.17, 15) is 19.5 Å². The summed E-state index contributed by atoms with van der Waals surface area (Å²) in [5.74, 6) is 0. The minimum Gasteiger partial charge on any atom is -0.445 e. The second-order valence-corrected chi connectivity index (χ2v) is 11.5. The van der Waals surface area contributed by atoms with E-state index in [1.165, 1.54) is 0 Å². The van der Waals surface area contributed by atoms with Crippen LogP contribution in [0, 0.1) is 0 Å². The molecule has 44 heavy (non-hydrogen) atoms. The summed E-state index contributed by atoms with van der Waals surface area (Å²) in [6, 6.07) is 18.2. The third-order valence-electron chi connectivity index (χ3n) is 6.45. The van der Waals surface area contributed by atoms with Crippen molar-refractivity contribution in [2.75, 3.05) is 19.6 Å². The molecule has 2 aromatic rings. The van der Waals surface area contributed by atoms with Crippen molar-refractivity contribution >= 4 is 18.3 Å². The Morgan fingerprint density at radius 3 is 1.75 bits per heavy atom. The van der Waals surface area contributed by atoms with Gasteiger partial charge in [-0.2, -0.15) is 0 Å². The van der Waals surface area contributed by atoms with Crippen LogP contribution in [0.3, 0.4) is 0 Å². The minimum atomic E-state index is -0.975. The fourth-order valence-corrected chi connectivity index (χ4v) is 4.18. The van der Waals surface area contributed by atoms with Crippen LogP contribution in [0.15, 0.2) is 60.7 Å². The third-order valence-corrected chi connectivity index (χ3v) is 6.45. The number of unbranched alkanes of at least 4 members (excludes halogenated alkanes) is 4. The predicted octanol–water partition coefficient (Wildman–Crippen LogP) is 5.37. The molecule has 0 heterocycles. The number of hydrogen-bond donors (Lipinski definition) is 5. The quantitative estimate of drug-likeness (QED) is 0.0806. The maximum absolute atomic E-state index is 12.5. The molecule has 5 N–H and O–H groups in total. The standard InChI is InChI=1S/C33H50N4O7/c1-33(2,3)44-31(40)36-22-14-5-4-13-21-34-29(38)28(37-32(41)43-25-27-18-10-7-11-19-27)20-12-15-23-35-30(39)42-24-26-16-8-6-9-17-26/h6-11,16-19,28-29,34,38H,4-5,12-15,20-25H2,1-3H3,(H,35,39)(H,36,40)(H,37,41)/t28-,29?/m0/s1. The lowest BCUT2D eigenvalue weighted by Crippen LogP contribution is -2.50. The Bertz CT molecular complexity index is 1080. The number of ether oxygens (including phenoxy) is 3. The number of carbonyl (C=O) groups is 3. The molecule has 3 amide bonds. The van der Waals surface area contributed by atoms with E-state index in [0.29, 0.717) is 38.9 Å². The van der Waals surface area contributed by atoms with Gasteiger partial charge in [-0.25, -0.2) is 14.4 Å². The summed E-state index contributed by atoms with van der Waals surface area (Å²) in [5.41, 5.74) is 1.26. The molecule has 0 saturated heterocycles. The van der Waals surface area contributed by atoms with Gasteiger partial charge in [-0.15, -0.1) is 0 Å². The van der Waals surface area contributed by atoms with Crippen LogP contribution in [0.2, 0.25) is 0 Å². The van der Waals surface area contributed by atoms with E-state index in [1.54, 1.807) is 0 Å². The molecule has 244 valence electrons. The van der Waals surface area contributed by atoms with Gasteiger partial charge in [0.1, 0.15) is 25.0 Å². The average molecular weight is 615 g/mol. The van der Waals surface area contributed by atoms with E-state index < -0.39 is 36.2 Å². The van der Waals surface area contributed by atoms with Crippen LogP contribution in [-0.2, 0) is 27.4 Å². The molecule has 2 aromatic carbocycles. The van der Waals surface area contributed by atoms with E-state index in [-0.39, 0.29) is 13.2 Å². The Labute approximate surface area is 261 Å². The SMILES string of the molecule is CC(C)(C)OC(=O)NCCCCCCNC(O)[C@H](CCCCNC(=O)OCc1ccccc1)NC(=O)OCc1ccccc1. The largest absolute Gasteiger partial charge is 0.445 e. The highest BCUT2D eigenvalue weighted by molar-refractivity contribution is 5.68. The van der Waals surface area contributed by atoms with Crippen molar-refractivity contribution in [3.63, 3.8) is 0 Å². The zero-order valence-electron chi connectivity index (χ0n) is 26.3. The molecule has 0 bridgehead atoms. The molecular weight excluding hydrogens is 564 g/mol. The van der Waals surface area contributed by atoms with Crippen molar-refractivity contribution < 1.29 is 33.7 Å². The summed E-state index contributed by atoms with van der Waals surface area (Å²) in [4.78, 5) is 36.2. The lowest BCUT2D eigenvalue weighted by molar-refractivity contribution is 0.0526. The summed E-state index contributed by atoms with van der Waals surface area (Å²) >= 11 is 0. The second-order valence-electron chi connectivity index (χ2n) is 11.5. The molecule has 1 unspecified atom stereocenters. The minimum absolute atomic E-state index is 0.126. The van der Waals surface area contributed by atoms with Crippen LogP contribution < -0.4 is 21.3 Å². The summed E-state index contributed by atoms with van der Waals surface area (Å²) in [7, 11) is 0. The second kappa shape index (κ2) is 21.0. The van der Waals surface area contributed by atoms with E-state index in [0.717, 1.165) is 36.8 Å². The Morgan fingerprint density at radius 1 is 0.682 bits per heavy atom. The first-order valence-electron chi connectivity index (χ1n) is 15.4. The molecule has 0 aliphatic carbocycles. The lowest BCUT2D eigenvalue weighted by atomic mass is 10.1. The summed E-state index contributed by atoms with van der Waals surface area (Å²) < 4.78 is 15.8. The molecule has 11 nitrogen and oxygen atoms in total. The maximum atomic E-state index is 12.5. The van der Waals surface area contributed by atoms with Gasteiger partial charge in [0.05, 0.1) is 6.04 Å². The van der Waals surface area contributed by atoms with Gasteiger partial charge in [0, 0.05) is 13.1 Å². The summed E-state index contributed by atoms with van der Waals surface area (Å²) in [6.07, 6.45) is 2.76. The number of amides is 3. The van der Waals surface area contributed by atoms with Crippen LogP contribution in [-0.4, -0.2) is 60.9 Å². The smallest absolute Gasteiger partial charge is 0.407 e.